The monoisotopic (exact) mass is 334 g/mol. The van der Waals surface area contributed by atoms with Crippen molar-refractivity contribution in [2.75, 3.05) is 0 Å². The van der Waals surface area contributed by atoms with E-state index in [0.29, 0.717) is 6.61 Å². The molecular formula is C16H15BrO3. The molecule has 0 heterocycles. The normalized spacial score (nSPS) is 10.3. The number of ether oxygens (including phenoxy) is 1. The number of benzene rings is 2. The number of hydrogen-bond donors (Lipinski definition) is 1. The van der Waals surface area contributed by atoms with Crippen LogP contribution in [0.4, 0.5) is 0 Å². The minimum atomic E-state index is -0.920. The van der Waals surface area contributed by atoms with Crippen molar-refractivity contribution in [2.45, 2.75) is 20.5 Å². The van der Waals surface area contributed by atoms with Crippen LogP contribution in [0.15, 0.2) is 40.9 Å². The fourth-order valence-electron chi connectivity index (χ4n) is 1.90. The lowest BCUT2D eigenvalue weighted by Crippen LogP contribution is -1.99. The largest absolute Gasteiger partial charge is 0.489 e. The molecule has 0 saturated heterocycles. The molecule has 2 aromatic rings. The van der Waals surface area contributed by atoms with Crippen molar-refractivity contribution in [1.29, 1.82) is 0 Å². The fourth-order valence-corrected chi connectivity index (χ4v) is 2.13. The van der Waals surface area contributed by atoms with E-state index in [-0.39, 0.29) is 5.56 Å². The van der Waals surface area contributed by atoms with Crippen LogP contribution in [-0.2, 0) is 6.61 Å². The van der Waals surface area contributed by atoms with Crippen molar-refractivity contribution in [1.82, 2.24) is 0 Å². The maximum absolute atomic E-state index is 10.8. The second-order valence-electron chi connectivity index (χ2n) is 4.66. The van der Waals surface area contributed by atoms with Crippen molar-refractivity contribution in [3.8, 4) is 5.75 Å². The summed E-state index contributed by atoms with van der Waals surface area (Å²) in [4.78, 5) is 10.8. The van der Waals surface area contributed by atoms with Crippen molar-refractivity contribution >= 4 is 21.9 Å². The zero-order chi connectivity index (χ0) is 14.7. The van der Waals surface area contributed by atoms with E-state index >= 15 is 0 Å². The van der Waals surface area contributed by atoms with E-state index in [1.54, 1.807) is 24.3 Å². The summed E-state index contributed by atoms with van der Waals surface area (Å²) in [5, 5.41) is 8.83. The molecule has 0 aliphatic heterocycles. The average Bonchev–Trinajstić information content (AvgIpc) is 2.42. The topological polar surface area (TPSA) is 46.5 Å². The Kier molecular flexibility index (Phi) is 4.45. The highest BCUT2D eigenvalue weighted by Gasteiger charge is 2.05. The molecule has 2 rings (SSSR count). The van der Waals surface area contributed by atoms with E-state index in [4.69, 9.17) is 9.84 Å². The van der Waals surface area contributed by atoms with Gasteiger partial charge in [0.05, 0.1) is 5.56 Å². The Morgan fingerprint density at radius 1 is 1.15 bits per heavy atom. The van der Waals surface area contributed by atoms with E-state index in [1.165, 1.54) is 0 Å². The van der Waals surface area contributed by atoms with Gasteiger partial charge in [-0.2, -0.15) is 0 Å². The predicted octanol–water partition coefficient (Wildman–Crippen LogP) is 4.34. The Morgan fingerprint density at radius 2 is 1.70 bits per heavy atom. The van der Waals surface area contributed by atoms with E-state index in [0.717, 1.165) is 26.9 Å². The van der Waals surface area contributed by atoms with Crippen LogP contribution in [0.5, 0.6) is 5.75 Å². The molecule has 0 spiro atoms. The Morgan fingerprint density at radius 3 is 2.20 bits per heavy atom. The highest BCUT2D eigenvalue weighted by molar-refractivity contribution is 9.10. The third-order valence-electron chi connectivity index (χ3n) is 3.02. The molecule has 0 unspecified atom stereocenters. The third kappa shape index (κ3) is 3.39. The Balaban J connectivity index is 2.07. The number of aromatic carboxylic acids is 1. The van der Waals surface area contributed by atoms with Gasteiger partial charge in [0.1, 0.15) is 12.4 Å². The number of carbonyl (C=O) groups is 1. The molecule has 0 atom stereocenters. The van der Waals surface area contributed by atoms with Gasteiger partial charge in [0.15, 0.2) is 0 Å². The van der Waals surface area contributed by atoms with Crippen LogP contribution in [-0.4, -0.2) is 11.1 Å². The molecule has 3 nitrogen and oxygen atoms in total. The molecular weight excluding hydrogens is 320 g/mol. The van der Waals surface area contributed by atoms with Crippen LogP contribution < -0.4 is 4.74 Å². The highest BCUT2D eigenvalue weighted by atomic mass is 79.9. The molecule has 0 radical (unpaired) electrons. The lowest BCUT2D eigenvalue weighted by molar-refractivity contribution is 0.0697. The van der Waals surface area contributed by atoms with Crippen LogP contribution in [0.1, 0.15) is 27.0 Å². The molecule has 0 aliphatic carbocycles. The standard InChI is InChI=1S/C16H15BrO3/c1-10-7-14(8-11(2)15(10)17)20-9-12-3-5-13(6-4-12)16(18)19/h3-8H,9H2,1-2H3,(H,18,19). The number of hydrogen-bond acceptors (Lipinski definition) is 2. The van der Waals surface area contributed by atoms with Gasteiger partial charge in [-0.25, -0.2) is 4.79 Å². The number of halogens is 1. The molecule has 0 aliphatic rings. The first-order valence-corrected chi connectivity index (χ1v) is 6.98. The second kappa shape index (κ2) is 6.09. The van der Waals surface area contributed by atoms with Gasteiger partial charge >= 0.3 is 5.97 Å². The first-order chi connectivity index (χ1) is 9.47. The molecule has 0 aromatic heterocycles. The zero-order valence-corrected chi connectivity index (χ0v) is 12.9. The third-order valence-corrected chi connectivity index (χ3v) is 4.27. The van der Waals surface area contributed by atoms with Gasteiger partial charge in [-0.3, -0.25) is 0 Å². The van der Waals surface area contributed by atoms with Gasteiger partial charge in [-0.05, 0) is 54.8 Å². The number of rotatable bonds is 4. The van der Waals surface area contributed by atoms with Crippen LogP contribution in [0.2, 0.25) is 0 Å². The summed E-state index contributed by atoms with van der Waals surface area (Å²) in [7, 11) is 0. The summed E-state index contributed by atoms with van der Waals surface area (Å²) < 4.78 is 6.83. The molecule has 20 heavy (non-hydrogen) atoms. The molecule has 0 saturated carbocycles. The second-order valence-corrected chi connectivity index (χ2v) is 5.45. The van der Waals surface area contributed by atoms with Crippen molar-refractivity contribution in [3.63, 3.8) is 0 Å². The van der Waals surface area contributed by atoms with Crippen LogP contribution in [0.25, 0.3) is 0 Å². The van der Waals surface area contributed by atoms with Gasteiger partial charge in [0.25, 0.3) is 0 Å². The maximum atomic E-state index is 10.8. The van der Waals surface area contributed by atoms with E-state index < -0.39 is 5.97 Å². The number of aryl methyl sites for hydroxylation is 2. The Labute approximate surface area is 126 Å². The van der Waals surface area contributed by atoms with Gasteiger partial charge in [-0.15, -0.1) is 0 Å². The van der Waals surface area contributed by atoms with Crippen molar-refractivity contribution in [2.24, 2.45) is 0 Å². The van der Waals surface area contributed by atoms with Crippen LogP contribution in [0.3, 0.4) is 0 Å². The van der Waals surface area contributed by atoms with Crippen molar-refractivity contribution < 1.29 is 14.6 Å². The highest BCUT2D eigenvalue weighted by Crippen LogP contribution is 2.26. The first-order valence-electron chi connectivity index (χ1n) is 6.19. The number of carboxylic acid groups (broad SMARTS) is 1. The minimum absolute atomic E-state index is 0.282. The van der Waals surface area contributed by atoms with E-state index in [1.807, 2.05) is 26.0 Å². The van der Waals surface area contributed by atoms with E-state index in [9.17, 15) is 4.79 Å². The maximum Gasteiger partial charge on any atom is 0.335 e. The molecule has 0 bridgehead atoms. The zero-order valence-electron chi connectivity index (χ0n) is 11.3. The van der Waals surface area contributed by atoms with Crippen molar-refractivity contribution in [3.05, 3.63) is 63.1 Å². The summed E-state index contributed by atoms with van der Waals surface area (Å²) in [5.41, 5.74) is 3.47. The first kappa shape index (κ1) is 14.6. The summed E-state index contributed by atoms with van der Waals surface area (Å²) in [6.45, 7) is 4.46. The predicted molar refractivity (Wildman–Crippen MR) is 81.3 cm³/mol. The Bertz CT molecular complexity index is 610. The number of carboxylic acids is 1. The summed E-state index contributed by atoms with van der Waals surface area (Å²) in [6.07, 6.45) is 0. The summed E-state index contributed by atoms with van der Waals surface area (Å²) >= 11 is 3.52. The SMILES string of the molecule is Cc1cc(OCc2ccc(C(=O)O)cc2)cc(C)c1Br. The molecule has 1 N–H and O–H groups in total. The van der Waals surface area contributed by atoms with Gasteiger partial charge in [0, 0.05) is 4.47 Å². The average molecular weight is 335 g/mol. The lowest BCUT2D eigenvalue weighted by Gasteiger charge is -2.10. The van der Waals surface area contributed by atoms with Crippen LogP contribution >= 0.6 is 15.9 Å². The van der Waals surface area contributed by atoms with Gasteiger partial charge in [-0.1, -0.05) is 28.1 Å². The Hall–Kier alpha value is -1.81. The quantitative estimate of drug-likeness (QED) is 0.904. The molecule has 4 heteroatoms. The molecule has 104 valence electrons. The van der Waals surface area contributed by atoms with Gasteiger partial charge < -0.3 is 9.84 Å². The van der Waals surface area contributed by atoms with Gasteiger partial charge in [0.2, 0.25) is 0 Å². The molecule has 0 amide bonds. The van der Waals surface area contributed by atoms with Crippen LogP contribution in [0, 0.1) is 13.8 Å². The molecule has 0 fully saturated rings. The molecule has 2 aromatic carbocycles. The lowest BCUT2D eigenvalue weighted by atomic mass is 10.1. The smallest absolute Gasteiger partial charge is 0.335 e. The minimum Gasteiger partial charge on any atom is -0.489 e. The van der Waals surface area contributed by atoms with E-state index in [2.05, 4.69) is 15.9 Å². The fraction of sp³-hybridized carbons (Fsp3) is 0.188. The summed E-state index contributed by atoms with van der Waals surface area (Å²) in [5.74, 6) is -0.109. The summed E-state index contributed by atoms with van der Waals surface area (Å²) in [6, 6.07) is 10.6.